The number of aliphatic hydroxyl groups excluding tert-OH is 1. The van der Waals surface area contributed by atoms with Gasteiger partial charge < -0.3 is 15.0 Å². The summed E-state index contributed by atoms with van der Waals surface area (Å²) in [5.74, 6) is 0. The molecule has 27 heavy (non-hydrogen) atoms. The zero-order valence-corrected chi connectivity index (χ0v) is 13.9. The first kappa shape index (κ1) is 19.5. The largest absolute Gasteiger partial charge is 0.417 e. The molecule has 2 aromatic rings. The molecule has 0 bridgehead atoms. The Kier molecular flexibility index (Phi) is 4.87. The highest BCUT2D eigenvalue weighted by Gasteiger charge is 2.41. The Morgan fingerprint density at radius 1 is 1.19 bits per heavy atom. The summed E-state index contributed by atoms with van der Waals surface area (Å²) >= 11 is 0. The highest BCUT2D eigenvalue weighted by Crippen LogP contribution is 2.37. The van der Waals surface area contributed by atoms with E-state index in [0.29, 0.717) is 31.1 Å². The summed E-state index contributed by atoms with van der Waals surface area (Å²) in [6, 6.07) is 3.79. The molecule has 0 radical (unpaired) electrons. The fourth-order valence-corrected chi connectivity index (χ4v) is 3.47. The van der Waals surface area contributed by atoms with E-state index in [1.54, 1.807) is 4.90 Å². The SMILES string of the molecule is O=c1cc(C(F)(F)F)c2cc(N3CCCC3CC(O)C(F)(F)F)ccc2[nH]1. The molecule has 2 unspecified atom stereocenters. The normalized spacial score (nSPS) is 19.7. The van der Waals surface area contributed by atoms with Crippen LogP contribution in [-0.2, 0) is 6.18 Å². The molecule has 2 atom stereocenters. The summed E-state index contributed by atoms with van der Waals surface area (Å²) in [5, 5.41) is 9.09. The summed E-state index contributed by atoms with van der Waals surface area (Å²) in [6.07, 6.45) is -11.6. The minimum absolute atomic E-state index is 0.00959. The third-order valence-electron chi connectivity index (χ3n) is 4.71. The first-order valence-corrected chi connectivity index (χ1v) is 8.22. The minimum atomic E-state index is -4.75. The number of nitrogens with zero attached hydrogens (tertiary/aromatic N) is 1. The lowest BCUT2D eigenvalue weighted by molar-refractivity contribution is -0.206. The predicted octanol–water partition coefficient (Wildman–Crippen LogP) is 3.83. The van der Waals surface area contributed by atoms with Gasteiger partial charge in [0.05, 0.1) is 5.56 Å². The van der Waals surface area contributed by atoms with Crippen LogP contribution in [0, 0.1) is 0 Å². The summed E-state index contributed by atoms with van der Waals surface area (Å²) in [5.41, 5.74) is -1.69. The Hall–Kier alpha value is -2.23. The van der Waals surface area contributed by atoms with Crippen molar-refractivity contribution in [3.05, 3.63) is 40.2 Å². The van der Waals surface area contributed by atoms with Crippen LogP contribution in [0.4, 0.5) is 32.0 Å². The van der Waals surface area contributed by atoms with Gasteiger partial charge in [0, 0.05) is 41.7 Å². The molecule has 1 saturated heterocycles. The zero-order chi connectivity index (χ0) is 20.0. The van der Waals surface area contributed by atoms with Crippen LogP contribution in [0.2, 0.25) is 0 Å². The van der Waals surface area contributed by atoms with E-state index in [9.17, 15) is 36.2 Å². The number of halogens is 6. The Bertz CT molecular complexity index is 890. The topological polar surface area (TPSA) is 56.3 Å². The number of alkyl halides is 6. The number of hydrogen-bond acceptors (Lipinski definition) is 3. The van der Waals surface area contributed by atoms with E-state index in [-0.39, 0.29) is 10.9 Å². The van der Waals surface area contributed by atoms with Gasteiger partial charge in [-0.2, -0.15) is 26.3 Å². The second-order valence-corrected chi connectivity index (χ2v) is 6.56. The molecule has 3 rings (SSSR count). The first-order valence-electron chi connectivity index (χ1n) is 8.22. The quantitative estimate of drug-likeness (QED) is 0.779. The van der Waals surface area contributed by atoms with Crippen LogP contribution in [-0.4, -0.2) is 35.0 Å². The second kappa shape index (κ2) is 6.74. The van der Waals surface area contributed by atoms with Crippen molar-refractivity contribution in [3.63, 3.8) is 0 Å². The highest BCUT2D eigenvalue weighted by molar-refractivity contribution is 5.86. The van der Waals surface area contributed by atoms with E-state index >= 15 is 0 Å². The number of hydrogen-bond donors (Lipinski definition) is 2. The molecule has 4 nitrogen and oxygen atoms in total. The molecule has 2 N–H and O–H groups in total. The number of aromatic nitrogens is 1. The van der Waals surface area contributed by atoms with E-state index in [0.717, 1.165) is 0 Å². The number of rotatable bonds is 3. The Balaban J connectivity index is 1.99. The van der Waals surface area contributed by atoms with Crippen molar-refractivity contribution in [3.8, 4) is 0 Å². The van der Waals surface area contributed by atoms with E-state index in [1.807, 2.05) is 0 Å². The number of pyridine rings is 1. The number of aliphatic hydroxyl groups is 1. The van der Waals surface area contributed by atoms with Crippen molar-refractivity contribution in [2.45, 2.75) is 43.8 Å². The van der Waals surface area contributed by atoms with E-state index < -0.39 is 42.0 Å². The maximum absolute atomic E-state index is 13.3. The van der Waals surface area contributed by atoms with E-state index in [2.05, 4.69) is 4.98 Å². The van der Waals surface area contributed by atoms with Crippen LogP contribution in [0.3, 0.4) is 0 Å². The molecule has 1 aromatic carbocycles. The molecule has 148 valence electrons. The molecule has 1 fully saturated rings. The molecular formula is C17H16F6N2O2. The fraction of sp³-hybridized carbons (Fsp3) is 0.471. The molecule has 10 heteroatoms. The maximum Gasteiger partial charge on any atom is 0.417 e. The van der Waals surface area contributed by atoms with Crippen molar-refractivity contribution >= 4 is 16.6 Å². The van der Waals surface area contributed by atoms with Gasteiger partial charge in [-0.3, -0.25) is 4.79 Å². The monoisotopic (exact) mass is 394 g/mol. The lowest BCUT2D eigenvalue weighted by Crippen LogP contribution is -2.38. The summed E-state index contributed by atoms with van der Waals surface area (Å²) in [6.45, 7) is 0.367. The average Bonchev–Trinajstić information content (AvgIpc) is 3.00. The van der Waals surface area contributed by atoms with Crippen LogP contribution in [0.25, 0.3) is 10.9 Å². The van der Waals surface area contributed by atoms with Gasteiger partial charge in [0.2, 0.25) is 5.56 Å². The molecule has 1 aliphatic rings. The summed E-state index contributed by atoms with van der Waals surface area (Å²) < 4.78 is 77.7. The average molecular weight is 394 g/mol. The van der Waals surface area contributed by atoms with Crippen molar-refractivity contribution in [1.82, 2.24) is 4.98 Å². The first-order chi connectivity index (χ1) is 12.5. The number of aromatic amines is 1. The molecule has 0 amide bonds. The Morgan fingerprint density at radius 3 is 2.52 bits per heavy atom. The standard InChI is InChI=1S/C17H16F6N2O2/c18-16(19,20)12-8-15(27)24-13-4-3-10(6-11(12)13)25-5-1-2-9(25)7-14(26)17(21,22)23/h3-4,6,8-9,14,26H,1-2,5,7H2,(H,24,27). The van der Waals surface area contributed by atoms with Gasteiger partial charge in [-0.15, -0.1) is 0 Å². The molecule has 0 spiro atoms. The molecule has 1 aliphatic heterocycles. The molecular weight excluding hydrogens is 378 g/mol. The minimum Gasteiger partial charge on any atom is -0.384 e. The van der Waals surface area contributed by atoms with Crippen molar-refractivity contribution in [2.24, 2.45) is 0 Å². The van der Waals surface area contributed by atoms with Crippen molar-refractivity contribution < 1.29 is 31.4 Å². The van der Waals surface area contributed by atoms with Crippen molar-refractivity contribution in [2.75, 3.05) is 11.4 Å². The maximum atomic E-state index is 13.3. The Labute approximate surface area is 149 Å². The fourth-order valence-electron chi connectivity index (χ4n) is 3.47. The van der Waals surface area contributed by atoms with Crippen LogP contribution >= 0.6 is 0 Å². The van der Waals surface area contributed by atoms with Gasteiger partial charge >= 0.3 is 12.4 Å². The summed E-state index contributed by atoms with van der Waals surface area (Å²) in [4.78, 5) is 15.3. The van der Waals surface area contributed by atoms with Gasteiger partial charge in [0.1, 0.15) is 0 Å². The van der Waals surface area contributed by atoms with Crippen LogP contribution in [0.1, 0.15) is 24.8 Å². The number of anilines is 1. The molecule has 0 saturated carbocycles. The third kappa shape index (κ3) is 4.05. The number of fused-ring (bicyclic) bond motifs is 1. The number of nitrogens with one attached hydrogen (secondary N) is 1. The number of H-pyrrole nitrogens is 1. The zero-order valence-electron chi connectivity index (χ0n) is 13.9. The molecule has 0 aliphatic carbocycles. The van der Waals surface area contributed by atoms with Gasteiger partial charge in [-0.05, 0) is 31.0 Å². The predicted molar refractivity (Wildman–Crippen MR) is 86.6 cm³/mol. The number of benzene rings is 1. The van der Waals surface area contributed by atoms with Gasteiger partial charge in [-0.1, -0.05) is 0 Å². The molecule has 1 aromatic heterocycles. The van der Waals surface area contributed by atoms with Crippen molar-refractivity contribution in [1.29, 1.82) is 0 Å². The van der Waals surface area contributed by atoms with Gasteiger partial charge in [-0.25, -0.2) is 0 Å². The lowest BCUT2D eigenvalue weighted by atomic mass is 10.0. The lowest BCUT2D eigenvalue weighted by Gasteiger charge is -2.29. The van der Waals surface area contributed by atoms with Gasteiger partial charge in [0.15, 0.2) is 6.10 Å². The third-order valence-corrected chi connectivity index (χ3v) is 4.71. The second-order valence-electron chi connectivity index (χ2n) is 6.56. The molecule has 2 heterocycles. The van der Waals surface area contributed by atoms with E-state index in [1.165, 1.54) is 18.2 Å². The highest BCUT2D eigenvalue weighted by atomic mass is 19.4. The van der Waals surface area contributed by atoms with Crippen LogP contribution in [0.5, 0.6) is 0 Å². The summed E-state index contributed by atoms with van der Waals surface area (Å²) in [7, 11) is 0. The Morgan fingerprint density at radius 2 is 1.89 bits per heavy atom. The van der Waals surface area contributed by atoms with E-state index in [4.69, 9.17) is 0 Å². The van der Waals surface area contributed by atoms with Crippen LogP contribution < -0.4 is 10.5 Å². The van der Waals surface area contributed by atoms with Crippen LogP contribution in [0.15, 0.2) is 29.1 Å². The smallest absolute Gasteiger partial charge is 0.384 e. The van der Waals surface area contributed by atoms with Gasteiger partial charge in [0.25, 0.3) is 0 Å².